The van der Waals surface area contributed by atoms with E-state index in [-0.39, 0.29) is 11.0 Å². The fourth-order valence-electron chi connectivity index (χ4n) is 2.45. The Kier molecular flexibility index (Phi) is 6.66. The normalized spacial score (nSPS) is 10.3. The summed E-state index contributed by atoms with van der Waals surface area (Å²) in [6.07, 6.45) is 1.84. The highest BCUT2D eigenvalue weighted by Gasteiger charge is 2.20. The standard InChI is InChI=1S/C18H21N3O2S2/c1-3-7-14(22)20-18(24)21-17-15(16(19)23)11(2)13(25-17)10-12-8-5-4-6-9-12/h4-6,8-9H,3,7,10H2,1-2H3,(H2,19,23)(H2,20,21,22,24). The van der Waals surface area contributed by atoms with E-state index >= 15 is 0 Å². The summed E-state index contributed by atoms with van der Waals surface area (Å²) in [4.78, 5) is 24.6. The number of benzene rings is 1. The van der Waals surface area contributed by atoms with E-state index in [0.717, 1.165) is 22.4 Å². The maximum atomic E-state index is 11.9. The lowest BCUT2D eigenvalue weighted by Crippen LogP contribution is -2.34. The Morgan fingerprint density at radius 1 is 1.24 bits per heavy atom. The maximum absolute atomic E-state index is 11.9. The Bertz CT molecular complexity index is 785. The average molecular weight is 376 g/mol. The third-order valence-electron chi connectivity index (χ3n) is 3.66. The SMILES string of the molecule is CCCC(=O)NC(=S)Nc1sc(Cc2ccccc2)c(C)c1C(N)=O. The summed E-state index contributed by atoms with van der Waals surface area (Å²) in [5.74, 6) is -0.670. The van der Waals surface area contributed by atoms with E-state index in [9.17, 15) is 9.59 Å². The molecule has 0 unspecified atom stereocenters. The molecule has 25 heavy (non-hydrogen) atoms. The fraction of sp³-hybridized carbons (Fsp3) is 0.278. The first-order chi connectivity index (χ1) is 11.9. The zero-order valence-corrected chi connectivity index (χ0v) is 15.9. The van der Waals surface area contributed by atoms with Gasteiger partial charge in [-0.05, 0) is 36.7 Å². The van der Waals surface area contributed by atoms with Gasteiger partial charge in [0.15, 0.2) is 5.11 Å². The van der Waals surface area contributed by atoms with E-state index in [1.807, 2.05) is 44.2 Å². The largest absolute Gasteiger partial charge is 0.365 e. The van der Waals surface area contributed by atoms with E-state index in [1.54, 1.807) is 0 Å². The number of anilines is 1. The van der Waals surface area contributed by atoms with Crippen LogP contribution in [0.5, 0.6) is 0 Å². The van der Waals surface area contributed by atoms with Gasteiger partial charge in [-0.1, -0.05) is 37.3 Å². The van der Waals surface area contributed by atoms with Gasteiger partial charge in [-0.2, -0.15) is 0 Å². The number of rotatable bonds is 6. The summed E-state index contributed by atoms with van der Waals surface area (Å²) in [6, 6.07) is 9.98. The van der Waals surface area contributed by atoms with Gasteiger partial charge >= 0.3 is 0 Å². The molecule has 1 aromatic heterocycles. The second-order valence-electron chi connectivity index (χ2n) is 5.63. The van der Waals surface area contributed by atoms with Crippen LogP contribution in [0.25, 0.3) is 0 Å². The smallest absolute Gasteiger partial charge is 0.251 e. The molecule has 0 aliphatic rings. The summed E-state index contributed by atoms with van der Waals surface area (Å²) in [5, 5.41) is 6.30. The van der Waals surface area contributed by atoms with E-state index in [0.29, 0.717) is 23.4 Å². The van der Waals surface area contributed by atoms with Crippen LogP contribution in [0.3, 0.4) is 0 Å². The Morgan fingerprint density at radius 2 is 1.92 bits per heavy atom. The third-order valence-corrected chi connectivity index (χ3v) is 5.07. The van der Waals surface area contributed by atoms with Crippen molar-refractivity contribution in [2.75, 3.05) is 5.32 Å². The topological polar surface area (TPSA) is 84.2 Å². The molecule has 0 saturated carbocycles. The zero-order chi connectivity index (χ0) is 18.4. The molecular weight excluding hydrogens is 354 g/mol. The first-order valence-electron chi connectivity index (χ1n) is 7.99. The summed E-state index contributed by atoms with van der Waals surface area (Å²) >= 11 is 6.59. The minimum Gasteiger partial charge on any atom is -0.365 e. The van der Waals surface area contributed by atoms with Crippen molar-refractivity contribution in [2.24, 2.45) is 5.73 Å². The van der Waals surface area contributed by atoms with E-state index in [1.165, 1.54) is 11.3 Å². The number of carbonyl (C=O) groups excluding carboxylic acids is 2. The van der Waals surface area contributed by atoms with Gasteiger partial charge in [0.2, 0.25) is 5.91 Å². The van der Waals surface area contributed by atoms with Crippen molar-refractivity contribution >= 4 is 45.5 Å². The Hall–Kier alpha value is -2.25. The van der Waals surface area contributed by atoms with Crippen LogP contribution in [0.1, 0.15) is 46.1 Å². The van der Waals surface area contributed by atoms with Crippen molar-refractivity contribution in [3.8, 4) is 0 Å². The molecule has 0 aliphatic heterocycles. The van der Waals surface area contributed by atoms with Gasteiger partial charge < -0.3 is 16.4 Å². The van der Waals surface area contributed by atoms with E-state index < -0.39 is 5.91 Å². The summed E-state index contributed by atoms with van der Waals surface area (Å²) in [5.41, 5.74) is 7.95. The van der Waals surface area contributed by atoms with Gasteiger partial charge in [0.05, 0.1) is 5.56 Å². The van der Waals surface area contributed by atoms with Crippen LogP contribution in [-0.4, -0.2) is 16.9 Å². The third kappa shape index (κ3) is 5.11. The minimum absolute atomic E-state index is 0.154. The predicted octanol–water partition coefficient (Wildman–Crippen LogP) is 3.36. The van der Waals surface area contributed by atoms with Gasteiger partial charge in [-0.3, -0.25) is 9.59 Å². The van der Waals surface area contributed by atoms with Crippen LogP contribution in [-0.2, 0) is 11.2 Å². The summed E-state index contributed by atoms with van der Waals surface area (Å²) in [7, 11) is 0. The van der Waals surface area contributed by atoms with Crippen LogP contribution in [0.4, 0.5) is 5.00 Å². The number of thiocarbonyl (C=S) groups is 1. The molecule has 0 radical (unpaired) electrons. The molecule has 2 amide bonds. The second-order valence-corrected chi connectivity index (χ2v) is 7.15. The first kappa shape index (κ1) is 19.1. The van der Waals surface area contributed by atoms with Crippen LogP contribution in [0.2, 0.25) is 0 Å². The molecule has 0 atom stereocenters. The van der Waals surface area contributed by atoms with Crippen molar-refractivity contribution in [3.05, 3.63) is 51.9 Å². The molecule has 2 rings (SSSR count). The molecule has 4 N–H and O–H groups in total. The molecule has 0 fully saturated rings. The molecule has 7 heteroatoms. The molecule has 132 valence electrons. The number of thiophene rings is 1. The summed E-state index contributed by atoms with van der Waals surface area (Å²) < 4.78 is 0. The number of hydrogen-bond acceptors (Lipinski definition) is 4. The molecule has 5 nitrogen and oxygen atoms in total. The molecule has 1 aromatic carbocycles. The Balaban J connectivity index is 2.22. The Morgan fingerprint density at radius 3 is 2.52 bits per heavy atom. The van der Waals surface area contributed by atoms with Crippen molar-refractivity contribution < 1.29 is 9.59 Å². The van der Waals surface area contributed by atoms with Crippen LogP contribution >= 0.6 is 23.6 Å². The molecule has 2 aromatic rings. The highest BCUT2D eigenvalue weighted by atomic mass is 32.1. The highest BCUT2D eigenvalue weighted by molar-refractivity contribution is 7.80. The average Bonchev–Trinajstić information content (AvgIpc) is 2.83. The lowest BCUT2D eigenvalue weighted by molar-refractivity contribution is -0.119. The first-order valence-corrected chi connectivity index (χ1v) is 9.21. The number of hydrogen-bond donors (Lipinski definition) is 3. The number of nitrogens with two attached hydrogens (primary N) is 1. The number of amides is 2. The molecule has 0 saturated heterocycles. The van der Waals surface area contributed by atoms with Crippen LogP contribution < -0.4 is 16.4 Å². The Labute approximate surface area is 156 Å². The van der Waals surface area contributed by atoms with Gasteiger partial charge in [-0.15, -0.1) is 11.3 Å². The monoisotopic (exact) mass is 375 g/mol. The second kappa shape index (κ2) is 8.73. The quantitative estimate of drug-likeness (QED) is 0.676. The van der Waals surface area contributed by atoms with E-state index in [2.05, 4.69) is 10.6 Å². The number of carbonyl (C=O) groups is 2. The van der Waals surface area contributed by atoms with Crippen molar-refractivity contribution in [2.45, 2.75) is 33.1 Å². The van der Waals surface area contributed by atoms with Gasteiger partial charge in [0.1, 0.15) is 5.00 Å². The lowest BCUT2D eigenvalue weighted by Gasteiger charge is -2.08. The molecule has 0 bridgehead atoms. The van der Waals surface area contributed by atoms with Crippen LogP contribution in [0.15, 0.2) is 30.3 Å². The fourth-order valence-corrected chi connectivity index (χ4v) is 3.98. The van der Waals surface area contributed by atoms with Crippen molar-refractivity contribution in [3.63, 3.8) is 0 Å². The van der Waals surface area contributed by atoms with E-state index in [4.69, 9.17) is 18.0 Å². The molecule has 0 aliphatic carbocycles. The highest BCUT2D eigenvalue weighted by Crippen LogP contribution is 2.34. The lowest BCUT2D eigenvalue weighted by atomic mass is 10.1. The van der Waals surface area contributed by atoms with Gasteiger partial charge in [0, 0.05) is 17.7 Å². The number of nitrogens with one attached hydrogen (secondary N) is 2. The van der Waals surface area contributed by atoms with Gasteiger partial charge in [0.25, 0.3) is 5.91 Å². The number of primary amides is 1. The maximum Gasteiger partial charge on any atom is 0.251 e. The van der Waals surface area contributed by atoms with Gasteiger partial charge in [-0.25, -0.2) is 0 Å². The predicted molar refractivity (Wildman–Crippen MR) is 106 cm³/mol. The molecule has 1 heterocycles. The molecular formula is C18H21N3O2S2. The van der Waals surface area contributed by atoms with Crippen LogP contribution in [0, 0.1) is 6.92 Å². The van der Waals surface area contributed by atoms with Crippen molar-refractivity contribution in [1.29, 1.82) is 0 Å². The van der Waals surface area contributed by atoms with Crippen molar-refractivity contribution in [1.82, 2.24) is 5.32 Å². The zero-order valence-electron chi connectivity index (χ0n) is 14.2. The molecule has 0 spiro atoms. The summed E-state index contributed by atoms with van der Waals surface area (Å²) in [6.45, 7) is 3.79. The minimum atomic E-state index is -0.516.